The van der Waals surface area contributed by atoms with Crippen LogP contribution in [-0.2, 0) is 33.4 Å². The van der Waals surface area contributed by atoms with Crippen LogP contribution < -0.4 is 10.0 Å². The van der Waals surface area contributed by atoms with Crippen LogP contribution in [0.1, 0.15) is 29.5 Å². The van der Waals surface area contributed by atoms with Crippen LogP contribution >= 0.6 is 0 Å². The minimum atomic E-state index is -3.68. The number of carbonyl (C=O) groups is 1. The van der Waals surface area contributed by atoms with Crippen molar-refractivity contribution < 1.29 is 13.2 Å². The third-order valence-corrected chi connectivity index (χ3v) is 6.51. The number of unbranched alkanes of at least 4 members (excludes halogenated alkanes) is 1. The van der Waals surface area contributed by atoms with Crippen molar-refractivity contribution in [3.8, 4) is 0 Å². The molecule has 3 aromatic rings. The molecule has 32 heavy (non-hydrogen) atoms. The summed E-state index contributed by atoms with van der Waals surface area (Å²) < 4.78 is 28.1. The Balaban J connectivity index is 1.56. The summed E-state index contributed by atoms with van der Waals surface area (Å²) in [5, 5.41) is 2.91. The lowest BCUT2D eigenvalue weighted by Gasteiger charge is -2.19. The number of nitrogens with one attached hydrogen (secondary N) is 2. The van der Waals surface area contributed by atoms with E-state index in [2.05, 4.69) is 22.2 Å². The predicted octanol–water partition coefficient (Wildman–Crippen LogP) is 3.86. The summed E-state index contributed by atoms with van der Waals surface area (Å²) in [6, 6.07) is 27.8. The first-order valence-electron chi connectivity index (χ1n) is 10.9. The number of hydrogen-bond donors (Lipinski definition) is 2. The Labute approximate surface area is 190 Å². The van der Waals surface area contributed by atoms with Crippen molar-refractivity contribution in [1.29, 1.82) is 0 Å². The fourth-order valence-electron chi connectivity index (χ4n) is 3.52. The molecule has 0 aromatic heterocycles. The topological polar surface area (TPSA) is 75.3 Å². The summed E-state index contributed by atoms with van der Waals surface area (Å²) in [6.07, 6.45) is 3.03. The highest BCUT2D eigenvalue weighted by atomic mass is 32.2. The fourth-order valence-corrected chi connectivity index (χ4v) is 4.86. The van der Waals surface area contributed by atoms with Crippen LogP contribution in [0.15, 0.2) is 91.0 Å². The van der Waals surface area contributed by atoms with E-state index < -0.39 is 16.1 Å². The zero-order valence-electron chi connectivity index (χ0n) is 18.1. The number of rotatable bonds is 12. The van der Waals surface area contributed by atoms with Crippen LogP contribution in [0.3, 0.4) is 0 Å². The molecule has 3 rings (SSSR count). The van der Waals surface area contributed by atoms with Crippen molar-refractivity contribution in [3.05, 3.63) is 108 Å². The summed E-state index contributed by atoms with van der Waals surface area (Å²) >= 11 is 0. The van der Waals surface area contributed by atoms with E-state index in [0.717, 1.165) is 24.8 Å². The third kappa shape index (κ3) is 8.29. The first kappa shape index (κ1) is 23.7. The average molecular weight is 451 g/mol. The molecule has 0 aliphatic rings. The fraction of sp³-hybridized carbons (Fsp3) is 0.269. The number of aryl methyl sites for hydroxylation is 1. The van der Waals surface area contributed by atoms with Crippen LogP contribution in [0.25, 0.3) is 0 Å². The molecule has 0 heterocycles. The quantitative estimate of drug-likeness (QED) is 0.412. The molecule has 0 aliphatic heterocycles. The largest absolute Gasteiger partial charge is 0.355 e. The highest BCUT2D eigenvalue weighted by molar-refractivity contribution is 7.88. The molecule has 5 nitrogen and oxygen atoms in total. The molecule has 168 valence electrons. The van der Waals surface area contributed by atoms with Crippen LogP contribution in [0.4, 0.5) is 0 Å². The van der Waals surface area contributed by atoms with Gasteiger partial charge in [0, 0.05) is 6.54 Å². The molecule has 0 radical (unpaired) electrons. The SMILES string of the molecule is O=C(NCCCCc1ccccc1)C(Cc1ccccc1)NS(=O)(=O)Cc1ccccc1. The van der Waals surface area contributed by atoms with Crippen LogP contribution in [0.2, 0.25) is 0 Å². The van der Waals surface area contributed by atoms with Gasteiger partial charge >= 0.3 is 0 Å². The molecule has 6 heteroatoms. The van der Waals surface area contributed by atoms with E-state index >= 15 is 0 Å². The van der Waals surface area contributed by atoms with Crippen LogP contribution in [-0.4, -0.2) is 26.9 Å². The van der Waals surface area contributed by atoms with Gasteiger partial charge < -0.3 is 5.32 Å². The highest BCUT2D eigenvalue weighted by Crippen LogP contribution is 2.09. The Morgan fingerprint density at radius 2 is 1.25 bits per heavy atom. The maximum Gasteiger partial charge on any atom is 0.238 e. The lowest BCUT2D eigenvalue weighted by molar-refractivity contribution is -0.122. The minimum absolute atomic E-state index is 0.163. The van der Waals surface area contributed by atoms with Gasteiger partial charge in [-0.15, -0.1) is 0 Å². The van der Waals surface area contributed by atoms with E-state index in [1.165, 1.54) is 5.56 Å². The summed E-state index contributed by atoms with van der Waals surface area (Å²) in [5.74, 6) is -0.464. The van der Waals surface area contributed by atoms with Gasteiger partial charge in [-0.1, -0.05) is 91.0 Å². The van der Waals surface area contributed by atoms with Gasteiger partial charge in [-0.3, -0.25) is 4.79 Å². The molecule has 1 unspecified atom stereocenters. The Morgan fingerprint density at radius 3 is 1.84 bits per heavy atom. The van der Waals surface area contributed by atoms with E-state index in [4.69, 9.17) is 0 Å². The molecule has 0 spiro atoms. The third-order valence-electron chi connectivity index (χ3n) is 5.15. The summed E-state index contributed by atoms with van der Waals surface area (Å²) in [4.78, 5) is 12.9. The number of hydrogen-bond acceptors (Lipinski definition) is 3. The van der Waals surface area contributed by atoms with Crippen LogP contribution in [0.5, 0.6) is 0 Å². The molecule has 1 atom stereocenters. The van der Waals surface area contributed by atoms with Gasteiger partial charge in [0.2, 0.25) is 15.9 Å². The molecule has 0 fully saturated rings. The lowest BCUT2D eigenvalue weighted by atomic mass is 10.1. The average Bonchev–Trinajstić information content (AvgIpc) is 2.80. The van der Waals surface area contributed by atoms with Gasteiger partial charge in [-0.05, 0) is 42.4 Å². The van der Waals surface area contributed by atoms with Crippen molar-refractivity contribution in [2.45, 2.75) is 37.5 Å². The molecule has 3 aromatic carbocycles. The molecule has 1 amide bonds. The van der Waals surface area contributed by atoms with Gasteiger partial charge in [-0.25, -0.2) is 13.1 Å². The molecule has 0 saturated heterocycles. The van der Waals surface area contributed by atoms with Gasteiger partial charge in [-0.2, -0.15) is 0 Å². The molecule has 0 aliphatic carbocycles. The monoisotopic (exact) mass is 450 g/mol. The van der Waals surface area contributed by atoms with E-state index in [0.29, 0.717) is 18.5 Å². The van der Waals surface area contributed by atoms with E-state index in [1.54, 1.807) is 24.3 Å². The van der Waals surface area contributed by atoms with Crippen LogP contribution in [0, 0.1) is 0 Å². The van der Waals surface area contributed by atoms with Gasteiger partial charge in [0.1, 0.15) is 6.04 Å². The van der Waals surface area contributed by atoms with E-state index in [9.17, 15) is 13.2 Å². The van der Waals surface area contributed by atoms with Crippen molar-refractivity contribution in [1.82, 2.24) is 10.0 Å². The van der Waals surface area contributed by atoms with Crippen molar-refractivity contribution in [2.75, 3.05) is 6.54 Å². The van der Waals surface area contributed by atoms with E-state index in [1.807, 2.05) is 54.6 Å². The van der Waals surface area contributed by atoms with Gasteiger partial charge in [0.15, 0.2) is 0 Å². The van der Waals surface area contributed by atoms with Crippen molar-refractivity contribution in [3.63, 3.8) is 0 Å². The van der Waals surface area contributed by atoms with E-state index in [-0.39, 0.29) is 11.7 Å². The number of amides is 1. The maximum atomic E-state index is 12.9. The zero-order valence-corrected chi connectivity index (χ0v) is 18.9. The molecular weight excluding hydrogens is 420 g/mol. The molecule has 0 bridgehead atoms. The normalized spacial score (nSPS) is 12.2. The summed E-state index contributed by atoms with van der Waals surface area (Å²) in [5.41, 5.74) is 2.85. The maximum absolute atomic E-state index is 12.9. The standard InChI is InChI=1S/C26H30N2O3S/c29-26(27-19-11-10-14-22-12-4-1-5-13-22)25(20-23-15-6-2-7-16-23)28-32(30,31)21-24-17-8-3-9-18-24/h1-9,12-13,15-18,25,28H,10-11,14,19-21H2,(H,27,29). The van der Waals surface area contributed by atoms with Gasteiger partial charge in [0.05, 0.1) is 5.75 Å². The second-order valence-corrected chi connectivity index (χ2v) is 9.59. The Kier molecular flexibility index (Phi) is 9.01. The Morgan fingerprint density at radius 1 is 0.719 bits per heavy atom. The summed E-state index contributed by atoms with van der Waals surface area (Å²) in [7, 11) is -3.68. The Hall–Kier alpha value is -2.96. The van der Waals surface area contributed by atoms with Crippen molar-refractivity contribution in [2.24, 2.45) is 0 Å². The lowest BCUT2D eigenvalue weighted by Crippen LogP contribution is -2.48. The van der Waals surface area contributed by atoms with Gasteiger partial charge in [0.25, 0.3) is 0 Å². The Bertz CT molecular complexity index is 1060. The zero-order chi connectivity index (χ0) is 22.7. The smallest absolute Gasteiger partial charge is 0.238 e. The first-order valence-corrected chi connectivity index (χ1v) is 12.6. The second-order valence-electron chi connectivity index (χ2n) is 7.84. The second kappa shape index (κ2) is 12.2. The molecule has 2 N–H and O–H groups in total. The minimum Gasteiger partial charge on any atom is -0.355 e. The summed E-state index contributed by atoms with van der Waals surface area (Å²) in [6.45, 7) is 0.511. The highest BCUT2D eigenvalue weighted by Gasteiger charge is 2.24. The van der Waals surface area contributed by atoms with Crippen molar-refractivity contribution >= 4 is 15.9 Å². The number of sulfonamides is 1. The first-order chi connectivity index (χ1) is 15.5. The predicted molar refractivity (Wildman–Crippen MR) is 129 cm³/mol. The molecular formula is C26H30N2O3S. The number of benzene rings is 3. The number of carbonyl (C=O) groups excluding carboxylic acids is 1. The molecule has 0 saturated carbocycles.